The number of ether oxygens (including phenoxy) is 3. The standard InChI is InChI=1S/C54H70ClN7O8S/c1-33-45(71-32-57-33)35-16-14-34(15-17-35)42(30-61(9)10)58-48(66)43-26-38(63)29-62(43)49(67)46(52(2,3)4)59-44(64)31-68-24-12-11-13-25-69-39-21-18-36(19-22-39)47(65)60-50-53(5,6)51(54(50,7)8)70-40-23-20-37(28-56)41(55)27-40/h14-23,27,32,38,42-43,46,50-51,63H,11-13,24-26,29-31H2,1-10H3,(H,58,66)(H,59,64)(H,60,65)/t38-,42+,43+,46?,50?,51?/m1/s1. The summed E-state index contributed by atoms with van der Waals surface area (Å²) in [7, 11) is 3.85. The molecule has 382 valence electrons. The summed E-state index contributed by atoms with van der Waals surface area (Å²) >= 11 is 7.82. The summed E-state index contributed by atoms with van der Waals surface area (Å²) in [5.41, 5.74) is 4.12. The van der Waals surface area contributed by atoms with E-state index in [0.717, 1.165) is 34.5 Å². The van der Waals surface area contributed by atoms with Crippen molar-refractivity contribution in [2.24, 2.45) is 16.2 Å². The van der Waals surface area contributed by atoms with Crippen molar-refractivity contribution in [3.63, 3.8) is 0 Å². The molecule has 2 aliphatic rings. The van der Waals surface area contributed by atoms with Gasteiger partial charge in [-0.15, -0.1) is 11.3 Å². The van der Waals surface area contributed by atoms with Crippen LogP contribution in [0.2, 0.25) is 5.02 Å². The summed E-state index contributed by atoms with van der Waals surface area (Å²) in [5, 5.41) is 29.5. The first-order chi connectivity index (χ1) is 33.5. The number of aromatic nitrogens is 1. The number of nitrogens with one attached hydrogen (secondary N) is 3. The molecule has 17 heteroatoms. The number of aliphatic hydroxyl groups is 1. The number of benzene rings is 3. The van der Waals surface area contributed by atoms with Gasteiger partial charge in [-0.3, -0.25) is 19.2 Å². The summed E-state index contributed by atoms with van der Waals surface area (Å²) in [4.78, 5) is 63.6. The predicted octanol–water partition coefficient (Wildman–Crippen LogP) is 7.73. The van der Waals surface area contributed by atoms with E-state index in [1.165, 1.54) is 4.90 Å². The van der Waals surface area contributed by atoms with E-state index in [2.05, 4.69) is 54.7 Å². The monoisotopic (exact) mass is 1010 g/mol. The van der Waals surface area contributed by atoms with Gasteiger partial charge in [-0.2, -0.15) is 5.26 Å². The second kappa shape index (κ2) is 23.3. The number of thiazole rings is 1. The number of likely N-dealkylation sites (N-methyl/N-ethyl adjacent to an activating group) is 1. The fourth-order valence-corrected chi connectivity index (χ4v) is 11.0. The van der Waals surface area contributed by atoms with E-state index in [-0.39, 0.29) is 49.6 Å². The molecular weight excluding hydrogens is 942 g/mol. The molecule has 1 saturated carbocycles. The van der Waals surface area contributed by atoms with Gasteiger partial charge in [0, 0.05) is 54.6 Å². The fraction of sp³-hybridized carbons (Fsp3) is 0.519. The predicted molar refractivity (Wildman–Crippen MR) is 275 cm³/mol. The van der Waals surface area contributed by atoms with Crippen LogP contribution in [0.15, 0.2) is 72.2 Å². The Kier molecular flexibility index (Phi) is 18.0. The number of halogens is 1. The van der Waals surface area contributed by atoms with Crippen molar-refractivity contribution in [1.29, 1.82) is 5.26 Å². The lowest BCUT2D eigenvalue weighted by Crippen LogP contribution is -2.74. The minimum Gasteiger partial charge on any atom is -0.494 e. The molecule has 4 atom stereocenters. The van der Waals surface area contributed by atoms with E-state index in [4.69, 9.17) is 25.8 Å². The van der Waals surface area contributed by atoms with Gasteiger partial charge in [-0.1, -0.05) is 84.3 Å². The zero-order chi connectivity index (χ0) is 51.8. The third kappa shape index (κ3) is 13.5. The Morgan fingerprint density at radius 2 is 1.62 bits per heavy atom. The maximum atomic E-state index is 14.2. The first-order valence-corrected chi connectivity index (χ1v) is 25.5. The van der Waals surface area contributed by atoms with Crippen LogP contribution in [0.5, 0.6) is 11.5 Å². The normalized spacial score (nSPS) is 20.0. The number of aliphatic hydroxyl groups excluding tert-OH is 1. The van der Waals surface area contributed by atoms with Gasteiger partial charge in [0.1, 0.15) is 42.4 Å². The maximum Gasteiger partial charge on any atom is 0.251 e. The molecule has 0 radical (unpaired) electrons. The van der Waals surface area contributed by atoms with Crippen molar-refractivity contribution >= 4 is 46.6 Å². The topological polar surface area (TPSA) is 195 Å². The van der Waals surface area contributed by atoms with Crippen LogP contribution < -0.4 is 25.4 Å². The smallest absolute Gasteiger partial charge is 0.251 e. The Bertz CT molecular complexity index is 2520. The lowest BCUT2D eigenvalue weighted by atomic mass is 9.49. The summed E-state index contributed by atoms with van der Waals surface area (Å²) in [6.45, 7) is 16.8. The summed E-state index contributed by atoms with van der Waals surface area (Å²) < 4.78 is 18.0. The second-order valence-electron chi connectivity index (χ2n) is 21.3. The number of rotatable bonds is 21. The maximum absolute atomic E-state index is 14.2. The van der Waals surface area contributed by atoms with Crippen molar-refractivity contribution in [3.8, 4) is 28.0 Å². The Hall–Kier alpha value is -5.57. The van der Waals surface area contributed by atoms with Crippen LogP contribution in [0.3, 0.4) is 0 Å². The van der Waals surface area contributed by atoms with Crippen molar-refractivity contribution in [2.75, 3.05) is 47.0 Å². The Morgan fingerprint density at radius 1 is 0.958 bits per heavy atom. The highest BCUT2D eigenvalue weighted by molar-refractivity contribution is 7.13. The van der Waals surface area contributed by atoms with Gasteiger partial charge in [0.05, 0.1) is 45.4 Å². The lowest BCUT2D eigenvalue weighted by Gasteiger charge is -2.63. The first kappa shape index (κ1) is 54.8. The van der Waals surface area contributed by atoms with Gasteiger partial charge >= 0.3 is 0 Å². The molecule has 2 heterocycles. The van der Waals surface area contributed by atoms with E-state index in [1.54, 1.807) is 53.8 Å². The van der Waals surface area contributed by atoms with Crippen LogP contribution in [-0.2, 0) is 19.1 Å². The minimum absolute atomic E-state index is 0.0285. The van der Waals surface area contributed by atoms with E-state index in [0.29, 0.717) is 53.8 Å². The van der Waals surface area contributed by atoms with Gasteiger partial charge in [0.2, 0.25) is 17.7 Å². The van der Waals surface area contributed by atoms with Crippen LogP contribution in [0, 0.1) is 34.5 Å². The zero-order valence-electron chi connectivity index (χ0n) is 42.6. The van der Waals surface area contributed by atoms with Crippen LogP contribution >= 0.6 is 22.9 Å². The second-order valence-corrected chi connectivity index (χ2v) is 22.5. The molecular formula is C54H70ClN7O8S. The van der Waals surface area contributed by atoms with Crippen molar-refractivity contribution in [2.45, 2.75) is 117 Å². The molecule has 0 spiro atoms. The van der Waals surface area contributed by atoms with Crippen LogP contribution in [0.25, 0.3) is 10.4 Å². The number of amides is 4. The number of β-amino-alcohol motifs (C(OH)–C–C–N with tert-alkyl or cyclic N) is 1. The summed E-state index contributed by atoms with van der Waals surface area (Å²) in [6, 6.07) is 19.7. The molecule has 4 N–H and O–H groups in total. The van der Waals surface area contributed by atoms with E-state index in [1.807, 2.05) is 76.5 Å². The lowest BCUT2D eigenvalue weighted by molar-refractivity contribution is -0.164. The fourth-order valence-electron chi connectivity index (χ4n) is 9.99. The van der Waals surface area contributed by atoms with Crippen molar-refractivity contribution < 1.29 is 38.5 Å². The molecule has 1 saturated heterocycles. The molecule has 71 heavy (non-hydrogen) atoms. The highest BCUT2D eigenvalue weighted by Gasteiger charge is 2.64. The average molecular weight is 1010 g/mol. The number of nitrogens with zero attached hydrogens (tertiary/aromatic N) is 4. The highest BCUT2D eigenvalue weighted by Crippen LogP contribution is 2.55. The van der Waals surface area contributed by atoms with Gasteiger partial charge in [0.25, 0.3) is 5.91 Å². The molecule has 3 aromatic carbocycles. The van der Waals surface area contributed by atoms with Crippen LogP contribution in [0.1, 0.15) is 107 Å². The number of aryl methyl sites for hydroxylation is 1. The summed E-state index contributed by atoms with van der Waals surface area (Å²) in [5.74, 6) is -0.243. The Balaban J connectivity index is 0.910. The number of nitriles is 1. The molecule has 6 rings (SSSR count). The number of likely N-dealkylation sites (tertiary alicyclic amines) is 1. The molecule has 4 aromatic rings. The average Bonchev–Trinajstić information content (AvgIpc) is 3.94. The zero-order valence-corrected chi connectivity index (χ0v) is 44.2. The highest BCUT2D eigenvalue weighted by atomic mass is 35.5. The van der Waals surface area contributed by atoms with E-state index in [9.17, 15) is 29.5 Å². The Labute approximate surface area is 427 Å². The van der Waals surface area contributed by atoms with Crippen LogP contribution in [0.4, 0.5) is 0 Å². The van der Waals surface area contributed by atoms with Crippen molar-refractivity contribution in [1.82, 2.24) is 30.7 Å². The molecule has 1 aromatic heterocycles. The molecule has 1 aliphatic carbocycles. The molecule has 0 bridgehead atoms. The largest absolute Gasteiger partial charge is 0.494 e. The van der Waals surface area contributed by atoms with E-state index < -0.39 is 46.2 Å². The van der Waals surface area contributed by atoms with Crippen molar-refractivity contribution in [3.05, 3.63) is 99.6 Å². The summed E-state index contributed by atoms with van der Waals surface area (Å²) in [6.07, 6.45) is 1.19. The number of hydrogen-bond donors (Lipinski definition) is 4. The Morgan fingerprint density at radius 3 is 2.23 bits per heavy atom. The molecule has 2 fully saturated rings. The number of hydrogen-bond acceptors (Lipinski definition) is 12. The number of unbranched alkanes of at least 4 members (excludes halogenated alkanes) is 2. The van der Waals surface area contributed by atoms with Gasteiger partial charge in [0.15, 0.2) is 0 Å². The molecule has 4 amide bonds. The minimum atomic E-state index is -0.974. The van der Waals surface area contributed by atoms with Crippen LogP contribution in [-0.4, -0.2) is 121 Å². The SMILES string of the molecule is Cc1ncsc1-c1ccc([C@H](CN(C)C)NC(=O)[C@@H]2C[C@@H](O)CN2C(=O)C(NC(=O)COCCCCCOc2ccc(C(=O)NC3C(C)(C)C(Oc4ccc(C#N)c(Cl)c4)C3(C)C)cc2)C(C)(C)C)cc1. The number of carbonyl (C=O) groups excluding carboxylic acids is 4. The third-order valence-corrected chi connectivity index (χ3v) is 14.7. The van der Waals surface area contributed by atoms with E-state index >= 15 is 0 Å². The first-order valence-electron chi connectivity index (χ1n) is 24.2. The van der Waals surface area contributed by atoms with Gasteiger partial charge in [-0.25, -0.2) is 4.98 Å². The van der Waals surface area contributed by atoms with Gasteiger partial charge < -0.3 is 45.1 Å². The quantitative estimate of drug-likeness (QED) is 0.0597. The molecule has 1 aliphatic heterocycles. The molecule has 15 nitrogen and oxygen atoms in total. The molecule has 1 unspecified atom stereocenters. The van der Waals surface area contributed by atoms with Gasteiger partial charge in [-0.05, 0) is 93.2 Å². The number of carbonyl (C=O) groups is 4. The third-order valence-electron chi connectivity index (χ3n) is 13.4.